The monoisotopic (exact) mass is 624 g/mol. The molecule has 1 aromatic heterocycles. The summed E-state index contributed by atoms with van der Waals surface area (Å²) in [5.74, 6) is -0.512. The summed E-state index contributed by atoms with van der Waals surface area (Å²) in [4.78, 5) is 31.9. The van der Waals surface area contributed by atoms with Crippen molar-refractivity contribution in [2.24, 2.45) is 11.8 Å². The first kappa shape index (κ1) is 31.5. The molecule has 230 valence electrons. The highest BCUT2D eigenvalue weighted by atomic mass is 35.5. The molecule has 2 amide bonds. The van der Waals surface area contributed by atoms with Gasteiger partial charge in [-0.3, -0.25) is 14.5 Å². The molecule has 1 aliphatic carbocycles. The van der Waals surface area contributed by atoms with Crippen molar-refractivity contribution in [3.05, 3.63) is 74.5 Å². The van der Waals surface area contributed by atoms with E-state index in [1.165, 1.54) is 5.56 Å². The van der Waals surface area contributed by atoms with Gasteiger partial charge in [0.1, 0.15) is 0 Å². The second kappa shape index (κ2) is 13.4. The number of anilines is 1. The van der Waals surface area contributed by atoms with Crippen molar-refractivity contribution in [2.75, 3.05) is 18.4 Å². The average Bonchev–Trinajstić information content (AvgIpc) is 3.40. The van der Waals surface area contributed by atoms with Crippen molar-refractivity contribution >= 4 is 40.7 Å². The van der Waals surface area contributed by atoms with Gasteiger partial charge < -0.3 is 10.2 Å². The number of carbonyl (C=O) groups excluding carboxylic acids is 2. The highest BCUT2D eigenvalue weighted by Crippen LogP contribution is 2.34. The lowest BCUT2D eigenvalue weighted by Crippen LogP contribution is -2.59. The van der Waals surface area contributed by atoms with Crippen LogP contribution in [0.25, 0.3) is 0 Å². The number of nitrogens with zero attached hydrogens (tertiary/aromatic N) is 5. The molecule has 3 aromatic rings. The van der Waals surface area contributed by atoms with Crippen molar-refractivity contribution in [1.29, 1.82) is 0 Å². The van der Waals surface area contributed by atoms with Crippen molar-refractivity contribution in [1.82, 2.24) is 24.8 Å². The summed E-state index contributed by atoms with van der Waals surface area (Å²) in [6.07, 6.45) is 5.41. The molecule has 10 heteroatoms. The number of hydrogen-bond donors (Lipinski definition) is 1. The Kier molecular flexibility index (Phi) is 9.79. The van der Waals surface area contributed by atoms with Crippen LogP contribution < -0.4 is 5.32 Å². The average molecular weight is 626 g/mol. The van der Waals surface area contributed by atoms with Crippen LogP contribution in [0.15, 0.2) is 36.5 Å². The highest BCUT2D eigenvalue weighted by molar-refractivity contribution is 6.42. The van der Waals surface area contributed by atoms with Crippen LogP contribution in [0.4, 0.5) is 5.69 Å². The number of amides is 2. The van der Waals surface area contributed by atoms with E-state index in [0.717, 1.165) is 53.8 Å². The fourth-order valence-electron chi connectivity index (χ4n) is 6.92. The summed E-state index contributed by atoms with van der Waals surface area (Å²) in [7, 11) is 0. The largest absolute Gasteiger partial charge is 0.339 e. The van der Waals surface area contributed by atoms with Gasteiger partial charge in [-0.1, -0.05) is 65.0 Å². The van der Waals surface area contributed by atoms with E-state index >= 15 is 0 Å². The molecule has 2 heterocycles. The quantitative estimate of drug-likeness (QED) is 0.328. The van der Waals surface area contributed by atoms with Gasteiger partial charge in [-0.25, -0.2) is 4.68 Å². The van der Waals surface area contributed by atoms with Crippen LogP contribution in [0.3, 0.4) is 0 Å². The second-order valence-corrected chi connectivity index (χ2v) is 13.3. The zero-order valence-electron chi connectivity index (χ0n) is 25.7. The van der Waals surface area contributed by atoms with Gasteiger partial charge in [-0.05, 0) is 76.3 Å². The molecule has 2 aliphatic rings. The zero-order chi connectivity index (χ0) is 30.8. The van der Waals surface area contributed by atoms with E-state index < -0.39 is 0 Å². The molecule has 2 aromatic carbocycles. The van der Waals surface area contributed by atoms with Crippen LogP contribution in [0.5, 0.6) is 0 Å². The first-order valence-corrected chi connectivity index (χ1v) is 16.0. The summed E-state index contributed by atoms with van der Waals surface area (Å²) >= 11 is 12.2. The summed E-state index contributed by atoms with van der Waals surface area (Å²) < 4.78 is 1.80. The van der Waals surface area contributed by atoms with Crippen LogP contribution >= 0.6 is 23.2 Å². The van der Waals surface area contributed by atoms with E-state index in [-0.39, 0.29) is 35.7 Å². The Bertz CT molecular complexity index is 1450. The SMILES string of the molecule is Cc1cc(C)c(NC(=O)C2CCCCC2C(=O)N2C[C@@H](C)N(Cc3cn(Cc4ccc(Cl)c(Cl)c4)nn3)[C@@H](C)C2)c(C)c1. The minimum Gasteiger partial charge on any atom is -0.339 e. The van der Waals surface area contributed by atoms with Crippen molar-refractivity contribution in [3.63, 3.8) is 0 Å². The molecule has 5 rings (SSSR count). The van der Waals surface area contributed by atoms with Crippen molar-refractivity contribution in [2.45, 2.75) is 85.5 Å². The molecule has 43 heavy (non-hydrogen) atoms. The molecule has 0 spiro atoms. The van der Waals surface area contributed by atoms with Crippen LogP contribution in [-0.4, -0.2) is 61.8 Å². The molecular formula is C33H42Cl2N6O2. The standard InChI is InChI=1S/C33H42Cl2N6O2/c1-20-12-21(2)31(22(3)13-20)36-32(42)27-8-6-7-9-28(27)33(43)39-15-23(4)41(24(5)16-39)19-26-18-40(38-37-26)17-25-10-11-29(34)30(35)14-25/h10-14,18,23-24,27-28H,6-9,15-17,19H2,1-5H3,(H,36,42)/t23-,24+,27?,28?. The minimum atomic E-state index is -0.310. The molecule has 8 nitrogen and oxygen atoms in total. The third kappa shape index (κ3) is 7.24. The predicted molar refractivity (Wildman–Crippen MR) is 171 cm³/mol. The van der Waals surface area contributed by atoms with Gasteiger partial charge in [0.05, 0.1) is 28.5 Å². The van der Waals surface area contributed by atoms with Gasteiger partial charge in [0.2, 0.25) is 11.8 Å². The molecule has 1 N–H and O–H groups in total. The summed E-state index contributed by atoms with van der Waals surface area (Å²) in [6.45, 7) is 12.9. The number of carbonyl (C=O) groups is 2. The topological polar surface area (TPSA) is 83.4 Å². The van der Waals surface area contributed by atoms with E-state index in [2.05, 4.69) is 53.4 Å². The summed E-state index contributed by atoms with van der Waals surface area (Å²) in [5.41, 5.74) is 6.03. The van der Waals surface area contributed by atoms with Crippen LogP contribution in [0.2, 0.25) is 10.0 Å². The Morgan fingerprint density at radius 2 is 1.56 bits per heavy atom. The van der Waals surface area contributed by atoms with Gasteiger partial charge in [0, 0.05) is 49.2 Å². The lowest BCUT2D eigenvalue weighted by molar-refractivity contribution is -0.146. The van der Waals surface area contributed by atoms with Crippen molar-refractivity contribution < 1.29 is 9.59 Å². The van der Waals surface area contributed by atoms with Crippen molar-refractivity contribution in [3.8, 4) is 0 Å². The lowest BCUT2D eigenvalue weighted by atomic mass is 9.77. The number of nitrogens with one attached hydrogen (secondary N) is 1. The van der Waals surface area contributed by atoms with Gasteiger partial charge in [0.25, 0.3) is 0 Å². The molecule has 0 bridgehead atoms. The molecular weight excluding hydrogens is 583 g/mol. The fraction of sp³-hybridized carbons (Fsp3) is 0.515. The predicted octanol–water partition coefficient (Wildman–Crippen LogP) is 6.42. The number of aryl methyl sites for hydroxylation is 3. The van der Waals surface area contributed by atoms with Gasteiger partial charge >= 0.3 is 0 Å². The van der Waals surface area contributed by atoms with Gasteiger partial charge in [-0.2, -0.15) is 0 Å². The van der Waals surface area contributed by atoms with E-state index in [0.29, 0.717) is 36.2 Å². The Balaban J connectivity index is 1.21. The molecule has 1 aliphatic heterocycles. The maximum absolute atomic E-state index is 14.0. The second-order valence-electron chi connectivity index (χ2n) is 12.5. The lowest BCUT2D eigenvalue weighted by Gasteiger charge is -2.45. The molecule has 1 saturated carbocycles. The highest BCUT2D eigenvalue weighted by Gasteiger charge is 2.41. The minimum absolute atomic E-state index is 0.0307. The summed E-state index contributed by atoms with van der Waals surface area (Å²) in [6, 6.07) is 10.0. The Morgan fingerprint density at radius 1 is 0.907 bits per heavy atom. The van der Waals surface area contributed by atoms with E-state index in [4.69, 9.17) is 23.2 Å². The van der Waals surface area contributed by atoms with E-state index in [1.54, 1.807) is 10.7 Å². The molecule has 1 saturated heterocycles. The first-order chi connectivity index (χ1) is 20.5. The van der Waals surface area contributed by atoms with Gasteiger partial charge in [-0.15, -0.1) is 5.10 Å². The molecule has 4 atom stereocenters. The maximum Gasteiger partial charge on any atom is 0.228 e. The fourth-order valence-corrected chi connectivity index (χ4v) is 7.24. The number of piperazine rings is 1. The number of rotatable bonds is 7. The third-order valence-electron chi connectivity index (χ3n) is 9.02. The van der Waals surface area contributed by atoms with Gasteiger partial charge in [0.15, 0.2) is 0 Å². The molecule has 0 radical (unpaired) electrons. The molecule has 2 unspecified atom stereocenters. The number of halogens is 2. The summed E-state index contributed by atoms with van der Waals surface area (Å²) in [5, 5.41) is 13.0. The number of hydrogen-bond acceptors (Lipinski definition) is 5. The van der Waals surface area contributed by atoms with Crippen LogP contribution in [-0.2, 0) is 22.7 Å². The van der Waals surface area contributed by atoms with Crippen LogP contribution in [0.1, 0.15) is 67.5 Å². The third-order valence-corrected chi connectivity index (χ3v) is 9.76. The van der Waals surface area contributed by atoms with E-state index in [9.17, 15) is 9.59 Å². The van der Waals surface area contributed by atoms with E-state index in [1.807, 2.05) is 37.1 Å². The Labute approximate surface area is 264 Å². The Hall–Kier alpha value is -2.94. The first-order valence-electron chi connectivity index (χ1n) is 15.3. The smallest absolute Gasteiger partial charge is 0.228 e. The zero-order valence-corrected chi connectivity index (χ0v) is 27.3. The number of benzene rings is 2. The number of aromatic nitrogens is 3. The Morgan fingerprint density at radius 3 is 2.21 bits per heavy atom. The molecule has 2 fully saturated rings. The maximum atomic E-state index is 14.0. The normalized spacial score (nSPS) is 22.9. The van der Waals surface area contributed by atoms with Crippen LogP contribution in [0, 0.1) is 32.6 Å².